The van der Waals surface area contributed by atoms with E-state index in [0.29, 0.717) is 19.6 Å². The van der Waals surface area contributed by atoms with Gasteiger partial charge >= 0.3 is 0 Å². The molecule has 0 aliphatic carbocycles. The van der Waals surface area contributed by atoms with E-state index >= 15 is 0 Å². The first-order valence-electron chi connectivity index (χ1n) is 4.96. The molecule has 1 saturated heterocycles. The number of hydrogen-bond donors (Lipinski definition) is 2. The van der Waals surface area contributed by atoms with Gasteiger partial charge in [0.1, 0.15) is 0 Å². The molecule has 0 aromatic heterocycles. The van der Waals surface area contributed by atoms with Crippen molar-refractivity contribution >= 4 is 11.7 Å². The third-order valence-electron chi connectivity index (χ3n) is 2.55. The molecule has 1 rings (SSSR count). The van der Waals surface area contributed by atoms with Crippen LogP contribution in [0.25, 0.3) is 0 Å². The fourth-order valence-electron chi connectivity index (χ4n) is 1.77. The Morgan fingerprint density at radius 2 is 2.47 bits per heavy atom. The van der Waals surface area contributed by atoms with Crippen molar-refractivity contribution in [2.24, 2.45) is 10.9 Å². The second-order valence-electron chi connectivity index (χ2n) is 3.51. The molecule has 0 aromatic carbocycles. The van der Waals surface area contributed by atoms with Crippen LogP contribution in [0.15, 0.2) is 5.16 Å². The Hall–Kier alpha value is -1.30. The zero-order valence-corrected chi connectivity index (χ0v) is 8.85. The molecule has 1 amide bonds. The Bertz CT molecular complexity index is 255. The standard InChI is InChI=1S/C9H17N3O3/c1-15-6-4-8(13)12-5-2-3-7(12)9(10)11-14/h7,14H,2-6H2,1H3,(H2,10,11). The predicted molar refractivity (Wildman–Crippen MR) is 54.6 cm³/mol. The van der Waals surface area contributed by atoms with Crippen molar-refractivity contribution in [1.82, 2.24) is 4.90 Å². The summed E-state index contributed by atoms with van der Waals surface area (Å²) in [5.74, 6) is 0.101. The van der Waals surface area contributed by atoms with E-state index in [2.05, 4.69) is 5.16 Å². The summed E-state index contributed by atoms with van der Waals surface area (Å²) < 4.78 is 4.84. The number of methoxy groups -OCH3 is 1. The van der Waals surface area contributed by atoms with Crippen LogP contribution in [0.2, 0.25) is 0 Å². The van der Waals surface area contributed by atoms with Crippen molar-refractivity contribution in [3.8, 4) is 0 Å². The highest BCUT2D eigenvalue weighted by Gasteiger charge is 2.31. The van der Waals surface area contributed by atoms with E-state index in [1.54, 1.807) is 12.0 Å². The predicted octanol–water partition coefficient (Wildman–Crippen LogP) is -0.240. The largest absolute Gasteiger partial charge is 0.409 e. The molecule has 0 radical (unpaired) electrons. The zero-order valence-electron chi connectivity index (χ0n) is 8.85. The molecule has 15 heavy (non-hydrogen) atoms. The fraction of sp³-hybridized carbons (Fsp3) is 0.778. The Balaban J connectivity index is 2.56. The van der Waals surface area contributed by atoms with Gasteiger partial charge in [0.15, 0.2) is 5.84 Å². The van der Waals surface area contributed by atoms with Crippen molar-refractivity contribution in [1.29, 1.82) is 0 Å². The molecule has 1 fully saturated rings. The number of likely N-dealkylation sites (tertiary alicyclic amines) is 1. The number of carbonyl (C=O) groups excluding carboxylic acids is 1. The van der Waals surface area contributed by atoms with Crippen LogP contribution in [-0.2, 0) is 9.53 Å². The van der Waals surface area contributed by atoms with E-state index in [4.69, 9.17) is 15.7 Å². The van der Waals surface area contributed by atoms with Gasteiger partial charge in [-0.25, -0.2) is 0 Å². The summed E-state index contributed by atoms with van der Waals surface area (Å²) in [4.78, 5) is 13.3. The smallest absolute Gasteiger partial charge is 0.225 e. The minimum atomic E-state index is -0.251. The van der Waals surface area contributed by atoms with Gasteiger partial charge in [0.05, 0.1) is 19.1 Å². The second kappa shape index (κ2) is 5.55. The molecular weight excluding hydrogens is 198 g/mol. The van der Waals surface area contributed by atoms with E-state index in [-0.39, 0.29) is 17.8 Å². The summed E-state index contributed by atoms with van der Waals surface area (Å²) in [6, 6.07) is -0.251. The van der Waals surface area contributed by atoms with Crippen LogP contribution in [0.3, 0.4) is 0 Å². The van der Waals surface area contributed by atoms with Gasteiger partial charge in [-0.15, -0.1) is 0 Å². The zero-order chi connectivity index (χ0) is 11.3. The Morgan fingerprint density at radius 3 is 3.07 bits per heavy atom. The van der Waals surface area contributed by atoms with Crippen LogP contribution in [0, 0.1) is 0 Å². The molecule has 0 aromatic rings. The molecule has 1 heterocycles. The Kier molecular flexibility index (Phi) is 4.36. The normalized spacial score (nSPS) is 22.1. The highest BCUT2D eigenvalue weighted by Crippen LogP contribution is 2.18. The van der Waals surface area contributed by atoms with Crippen molar-refractivity contribution in [2.75, 3.05) is 20.3 Å². The van der Waals surface area contributed by atoms with E-state index in [1.807, 2.05) is 0 Å². The van der Waals surface area contributed by atoms with Crippen molar-refractivity contribution in [3.63, 3.8) is 0 Å². The second-order valence-corrected chi connectivity index (χ2v) is 3.51. The topological polar surface area (TPSA) is 88.2 Å². The maximum Gasteiger partial charge on any atom is 0.225 e. The monoisotopic (exact) mass is 215 g/mol. The molecular formula is C9H17N3O3. The number of oxime groups is 1. The molecule has 0 spiro atoms. The number of carbonyl (C=O) groups is 1. The van der Waals surface area contributed by atoms with Gasteiger partial charge in [-0.3, -0.25) is 4.79 Å². The number of nitrogens with two attached hydrogens (primary N) is 1. The third-order valence-corrected chi connectivity index (χ3v) is 2.55. The van der Waals surface area contributed by atoms with Gasteiger partial charge in [-0.1, -0.05) is 5.16 Å². The van der Waals surface area contributed by atoms with E-state index in [0.717, 1.165) is 12.8 Å². The number of hydrogen-bond acceptors (Lipinski definition) is 4. The van der Waals surface area contributed by atoms with E-state index in [9.17, 15) is 4.79 Å². The molecule has 6 heteroatoms. The first-order valence-corrected chi connectivity index (χ1v) is 4.96. The summed E-state index contributed by atoms with van der Waals surface area (Å²) in [5.41, 5.74) is 5.51. The molecule has 1 aliphatic heterocycles. The van der Waals surface area contributed by atoms with Gasteiger partial charge in [0, 0.05) is 13.7 Å². The molecule has 86 valence electrons. The lowest BCUT2D eigenvalue weighted by atomic mass is 10.2. The van der Waals surface area contributed by atoms with Crippen molar-refractivity contribution in [3.05, 3.63) is 0 Å². The van der Waals surface area contributed by atoms with Crippen LogP contribution in [0.5, 0.6) is 0 Å². The summed E-state index contributed by atoms with van der Waals surface area (Å²) in [6.07, 6.45) is 1.99. The third kappa shape index (κ3) is 2.82. The summed E-state index contributed by atoms with van der Waals surface area (Å²) in [6.45, 7) is 1.07. The van der Waals surface area contributed by atoms with Gasteiger partial charge in [0.2, 0.25) is 5.91 Å². The van der Waals surface area contributed by atoms with Crippen molar-refractivity contribution in [2.45, 2.75) is 25.3 Å². The molecule has 0 saturated carbocycles. The van der Waals surface area contributed by atoms with Crippen LogP contribution < -0.4 is 5.73 Å². The lowest BCUT2D eigenvalue weighted by molar-refractivity contribution is -0.131. The fourth-order valence-corrected chi connectivity index (χ4v) is 1.77. The number of rotatable bonds is 4. The van der Waals surface area contributed by atoms with Gasteiger partial charge in [-0.2, -0.15) is 0 Å². The van der Waals surface area contributed by atoms with E-state index in [1.165, 1.54) is 0 Å². The molecule has 3 N–H and O–H groups in total. The lowest BCUT2D eigenvalue weighted by Crippen LogP contribution is -2.44. The number of amides is 1. The highest BCUT2D eigenvalue weighted by molar-refractivity contribution is 5.90. The first kappa shape index (κ1) is 11.8. The molecule has 6 nitrogen and oxygen atoms in total. The maximum absolute atomic E-state index is 11.7. The SMILES string of the molecule is COCCC(=O)N1CCCC1C(N)=NO. The number of nitrogens with zero attached hydrogens (tertiary/aromatic N) is 2. The quantitative estimate of drug-likeness (QED) is 0.293. The Morgan fingerprint density at radius 1 is 1.73 bits per heavy atom. The molecule has 1 aliphatic rings. The molecule has 1 unspecified atom stereocenters. The van der Waals surface area contributed by atoms with Crippen molar-refractivity contribution < 1.29 is 14.7 Å². The first-order chi connectivity index (χ1) is 7.20. The van der Waals surface area contributed by atoms with Crippen LogP contribution in [0.4, 0.5) is 0 Å². The molecule has 0 bridgehead atoms. The Labute approximate surface area is 88.7 Å². The van der Waals surface area contributed by atoms with E-state index < -0.39 is 0 Å². The lowest BCUT2D eigenvalue weighted by Gasteiger charge is -2.23. The average Bonchev–Trinajstić information content (AvgIpc) is 2.73. The number of ether oxygens (including phenoxy) is 1. The van der Waals surface area contributed by atoms with Gasteiger partial charge < -0.3 is 20.6 Å². The van der Waals surface area contributed by atoms with Gasteiger partial charge in [0.25, 0.3) is 0 Å². The summed E-state index contributed by atoms with van der Waals surface area (Å²) in [7, 11) is 1.55. The van der Waals surface area contributed by atoms with Crippen LogP contribution in [-0.4, -0.2) is 48.2 Å². The maximum atomic E-state index is 11.7. The van der Waals surface area contributed by atoms with Crippen LogP contribution in [0.1, 0.15) is 19.3 Å². The molecule has 1 atom stereocenters. The average molecular weight is 215 g/mol. The summed E-state index contributed by atoms with van der Waals surface area (Å²) in [5, 5.41) is 11.5. The highest BCUT2D eigenvalue weighted by atomic mass is 16.5. The van der Waals surface area contributed by atoms with Crippen LogP contribution >= 0.6 is 0 Å². The minimum absolute atomic E-state index is 0.00838. The number of amidine groups is 1. The minimum Gasteiger partial charge on any atom is -0.409 e. The van der Waals surface area contributed by atoms with Gasteiger partial charge in [-0.05, 0) is 12.8 Å². The summed E-state index contributed by atoms with van der Waals surface area (Å²) >= 11 is 0.